The first-order valence-electron chi connectivity index (χ1n) is 12.4. The van der Waals surface area contributed by atoms with Crippen LogP contribution in [0.25, 0.3) is 11.7 Å². The van der Waals surface area contributed by atoms with Gasteiger partial charge in [-0.2, -0.15) is 0 Å². The summed E-state index contributed by atoms with van der Waals surface area (Å²) in [6.07, 6.45) is 3.59. The number of nitrogens with zero attached hydrogens (tertiary/aromatic N) is 5. The van der Waals surface area contributed by atoms with Gasteiger partial charge >= 0.3 is 5.97 Å². The van der Waals surface area contributed by atoms with Crippen molar-refractivity contribution >= 4 is 63.4 Å². The SMILES string of the molecule is Cc1ccc2nc(N3CCN(c4ccccc4)CC3)c(/C=C3/SC(=S)N(CCCC(=O)O)C3=O)c(=O)n2c1. The Hall–Kier alpha value is -3.70. The Labute approximate surface area is 229 Å². The minimum Gasteiger partial charge on any atom is -0.481 e. The highest BCUT2D eigenvalue weighted by molar-refractivity contribution is 8.26. The van der Waals surface area contributed by atoms with E-state index in [1.165, 1.54) is 9.30 Å². The molecular formula is C27H27N5O4S2. The Morgan fingerprint density at radius 3 is 2.50 bits per heavy atom. The topological polar surface area (TPSA) is 98.5 Å². The number of carboxylic acids is 1. The van der Waals surface area contributed by atoms with Crippen molar-refractivity contribution in [3.63, 3.8) is 0 Å². The molecule has 1 amide bonds. The molecule has 11 heteroatoms. The molecule has 0 atom stereocenters. The van der Waals surface area contributed by atoms with E-state index in [4.69, 9.17) is 22.3 Å². The first-order chi connectivity index (χ1) is 18.3. The van der Waals surface area contributed by atoms with Gasteiger partial charge in [-0.3, -0.25) is 23.7 Å². The van der Waals surface area contributed by atoms with E-state index in [9.17, 15) is 14.4 Å². The van der Waals surface area contributed by atoms with Crippen molar-refractivity contribution in [2.24, 2.45) is 0 Å². The van der Waals surface area contributed by atoms with Gasteiger partial charge in [0.25, 0.3) is 11.5 Å². The number of aromatic nitrogens is 2. The van der Waals surface area contributed by atoms with Crippen LogP contribution in [0.15, 0.2) is 58.4 Å². The predicted octanol–water partition coefficient (Wildman–Crippen LogP) is 3.40. The molecule has 2 saturated heterocycles. The van der Waals surface area contributed by atoms with Crippen LogP contribution in [0, 0.1) is 6.92 Å². The molecule has 196 valence electrons. The van der Waals surface area contributed by atoms with Crippen molar-refractivity contribution in [1.82, 2.24) is 14.3 Å². The summed E-state index contributed by atoms with van der Waals surface area (Å²) in [7, 11) is 0. The van der Waals surface area contributed by atoms with Gasteiger partial charge < -0.3 is 14.9 Å². The van der Waals surface area contributed by atoms with Crippen LogP contribution in [-0.2, 0) is 9.59 Å². The van der Waals surface area contributed by atoms with Crippen molar-refractivity contribution in [1.29, 1.82) is 0 Å². The van der Waals surface area contributed by atoms with Crippen LogP contribution < -0.4 is 15.4 Å². The second-order valence-corrected chi connectivity index (χ2v) is 10.9. The maximum Gasteiger partial charge on any atom is 0.303 e. The van der Waals surface area contributed by atoms with Crippen LogP contribution in [-0.4, -0.2) is 68.3 Å². The smallest absolute Gasteiger partial charge is 0.303 e. The van der Waals surface area contributed by atoms with Crippen molar-refractivity contribution in [3.8, 4) is 0 Å². The van der Waals surface area contributed by atoms with E-state index in [1.807, 2.05) is 37.3 Å². The minimum absolute atomic E-state index is 0.0511. The number of rotatable bonds is 7. The quantitative estimate of drug-likeness (QED) is 0.351. The monoisotopic (exact) mass is 549 g/mol. The summed E-state index contributed by atoms with van der Waals surface area (Å²) in [5.74, 6) is -0.699. The highest BCUT2D eigenvalue weighted by atomic mass is 32.2. The molecule has 0 spiro atoms. The zero-order valence-corrected chi connectivity index (χ0v) is 22.5. The molecule has 1 N–H and O–H groups in total. The summed E-state index contributed by atoms with van der Waals surface area (Å²) in [6.45, 7) is 5.00. The van der Waals surface area contributed by atoms with Crippen molar-refractivity contribution in [2.45, 2.75) is 19.8 Å². The Balaban J connectivity index is 1.49. The number of carboxylic acid groups (broad SMARTS) is 1. The summed E-state index contributed by atoms with van der Waals surface area (Å²) in [5, 5.41) is 8.93. The molecule has 0 saturated carbocycles. The van der Waals surface area contributed by atoms with E-state index in [1.54, 1.807) is 12.3 Å². The van der Waals surface area contributed by atoms with Gasteiger partial charge in [-0.05, 0) is 43.2 Å². The number of thioether (sulfide) groups is 1. The first kappa shape index (κ1) is 25.9. The number of carbonyl (C=O) groups excluding carboxylic acids is 1. The van der Waals surface area contributed by atoms with Gasteiger partial charge in [0.2, 0.25) is 0 Å². The number of aryl methyl sites for hydroxylation is 1. The van der Waals surface area contributed by atoms with Gasteiger partial charge in [-0.1, -0.05) is 48.2 Å². The maximum absolute atomic E-state index is 13.7. The number of benzene rings is 1. The lowest BCUT2D eigenvalue weighted by Gasteiger charge is -2.37. The van der Waals surface area contributed by atoms with Crippen LogP contribution in [0.1, 0.15) is 24.0 Å². The largest absolute Gasteiger partial charge is 0.481 e. The Kier molecular flexibility index (Phi) is 7.48. The van der Waals surface area contributed by atoms with Crippen molar-refractivity contribution in [2.75, 3.05) is 42.5 Å². The number of thiocarbonyl (C=S) groups is 1. The number of para-hydroxylation sites is 1. The van der Waals surface area contributed by atoms with Crippen molar-refractivity contribution < 1.29 is 14.7 Å². The van der Waals surface area contributed by atoms with E-state index in [-0.39, 0.29) is 24.4 Å². The fraction of sp³-hybridized carbons (Fsp3) is 0.296. The second-order valence-electron chi connectivity index (χ2n) is 9.23. The number of piperazine rings is 1. The molecule has 0 radical (unpaired) electrons. The van der Waals surface area contributed by atoms with Gasteiger partial charge in [-0.25, -0.2) is 4.98 Å². The van der Waals surface area contributed by atoms with Crippen LogP contribution in [0.5, 0.6) is 0 Å². The lowest BCUT2D eigenvalue weighted by molar-refractivity contribution is -0.137. The lowest BCUT2D eigenvalue weighted by Crippen LogP contribution is -2.47. The molecular weight excluding hydrogens is 522 g/mol. The minimum atomic E-state index is -0.923. The normalized spacial score (nSPS) is 17.2. The van der Waals surface area contributed by atoms with Crippen LogP contribution in [0.4, 0.5) is 11.5 Å². The van der Waals surface area contributed by atoms with Crippen LogP contribution >= 0.6 is 24.0 Å². The molecule has 9 nitrogen and oxygen atoms in total. The lowest BCUT2D eigenvalue weighted by atomic mass is 10.2. The maximum atomic E-state index is 13.7. The number of aliphatic carboxylic acids is 1. The van der Waals surface area contributed by atoms with Crippen LogP contribution in [0.2, 0.25) is 0 Å². The number of hydrogen-bond donors (Lipinski definition) is 1. The molecule has 2 aromatic heterocycles. The van der Waals surface area contributed by atoms with Crippen molar-refractivity contribution in [3.05, 3.63) is 75.0 Å². The molecule has 0 bridgehead atoms. The average molecular weight is 550 g/mol. The molecule has 0 unspecified atom stereocenters. The summed E-state index contributed by atoms with van der Waals surface area (Å²) in [6, 6.07) is 13.9. The zero-order chi connectivity index (χ0) is 26.8. The van der Waals surface area contributed by atoms with E-state index in [2.05, 4.69) is 21.9 Å². The highest BCUT2D eigenvalue weighted by Gasteiger charge is 2.33. The number of fused-ring (bicyclic) bond motifs is 1. The molecule has 2 fully saturated rings. The summed E-state index contributed by atoms with van der Waals surface area (Å²) >= 11 is 6.52. The molecule has 0 aliphatic carbocycles. The van der Waals surface area contributed by atoms with E-state index >= 15 is 0 Å². The fourth-order valence-corrected chi connectivity index (χ4v) is 5.93. The third-order valence-corrected chi connectivity index (χ3v) is 7.99. The van der Waals surface area contributed by atoms with Gasteiger partial charge in [0.1, 0.15) is 15.8 Å². The number of anilines is 2. The van der Waals surface area contributed by atoms with Gasteiger partial charge in [0, 0.05) is 51.0 Å². The molecule has 2 aliphatic rings. The summed E-state index contributed by atoms with van der Waals surface area (Å²) in [5.41, 5.74) is 2.70. The number of amides is 1. The van der Waals surface area contributed by atoms with Gasteiger partial charge in [0.05, 0.1) is 10.5 Å². The third-order valence-electron chi connectivity index (χ3n) is 6.61. The molecule has 38 heavy (non-hydrogen) atoms. The highest BCUT2D eigenvalue weighted by Crippen LogP contribution is 2.34. The van der Waals surface area contributed by atoms with Gasteiger partial charge in [-0.15, -0.1) is 0 Å². The second kappa shape index (κ2) is 11.0. The molecule has 4 heterocycles. The Morgan fingerprint density at radius 2 is 1.79 bits per heavy atom. The summed E-state index contributed by atoms with van der Waals surface area (Å²) < 4.78 is 1.87. The first-order valence-corrected chi connectivity index (χ1v) is 13.6. The predicted molar refractivity (Wildman–Crippen MR) is 154 cm³/mol. The third kappa shape index (κ3) is 5.30. The van der Waals surface area contributed by atoms with E-state index < -0.39 is 5.97 Å². The molecule has 1 aromatic carbocycles. The van der Waals surface area contributed by atoms with Crippen LogP contribution in [0.3, 0.4) is 0 Å². The van der Waals surface area contributed by atoms with E-state index in [0.29, 0.717) is 45.8 Å². The standard InChI is InChI=1S/C27H27N5O4S2/c1-18-9-10-22-28-24(30-14-12-29(13-15-30)19-6-3-2-4-7-19)20(25(35)32(22)17-18)16-21-26(36)31(27(37)38-21)11-5-8-23(33)34/h2-4,6-7,9-10,16-17H,5,8,11-15H2,1H3,(H,33,34)/b21-16+. The average Bonchev–Trinajstić information content (AvgIpc) is 3.18. The molecule has 2 aliphatic heterocycles. The number of carbonyl (C=O) groups is 2. The van der Waals surface area contributed by atoms with Gasteiger partial charge in [0.15, 0.2) is 0 Å². The Bertz CT molecular complexity index is 1500. The fourth-order valence-electron chi connectivity index (χ4n) is 4.64. The van der Waals surface area contributed by atoms with E-state index in [0.717, 1.165) is 36.1 Å². The number of pyridine rings is 1. The molecule has 5 rings (SSSR count). The number of hydrogen-bond acceptors (Lipinski definition) is 8. The zero-order valence-electron chi connectivity index (χ0n) is 20.9. The molecule has 3 aromatic rings. The Morgan fingerprint density at radius 1 is 1.08 bits per heavy atom. The summed E-state index contributed by atoms with van der Waals surface area (Å²) in [4.78, 5) is 48.8.